The van der Waals surface area contributed by atoms with E-state index in [1.165, 1.54) is 0 Å². The van der Waals surface area contributed by atoms with Crippen LogP contribution in [0, 0.1) is 13.8 Å². The predicted molar refractivity (Wildman–Crippen MR) is 129 cm³/mol. The minimum Gasteiger partial charge on any atom is -0.353 e. The molecule has 0 bridgehead atoms. The highest BCUT2D eigenvalue weighted by Gasteiger charge is 2.21. The highest BCUT2D eigenvalue weighted by molar-refractivity contribution is 6.31. The van der Waals surface area contributed by atoms with Crippen molar-refractivity contribution in [1.29, 1.82) is 0 Å². The fraction of sp³-hybridized carbons (Fsp3) is 0.292. The first-order valence-electron chi connectivity index (χ1n) is 10.5. The van der Waals surface area contributed by atoms with Crippen molar-refractivity contribution in [3.63, 3.8) is 0 Å². The first-order valence-corrected chi connectivity index (χ1v) is 11.3. The van der Waals surface area contributed by atoms with Crippen LogP contribution in [-0.4, -0.2) is 51.8 Å². The Labute approximate surface area is 198 Å². The van der Waals surface area contributed by atoms with Crippen molar-refractivity contribution in [2.45, 2.75) is 20.4 Å². The molecular weight excluding hydrogens is 445 g/mol. The molecule has 1 aliphatic heterocycles. The number of carbonyl (C=O) groups excluding carboxylic acids is 1. The normalized spacial score (nSPS) is 14.4. The van der Waals surface area contributed by atoms with E-state index in [-0.39, 0.29) is 5.91 Å². The van der Waals surface area contributed by atoms with Gasteiger partial charge in [0.15, 0.2) is 0 Å². The average Bonchev–Trinajstić information content (AvgIpc) is 3.06. The molecule has 0 saturated carbocycles. The molecule has 2 aromatic heterocycles. The van der Waals surface area contributed by atoms with Crippen molar-refractivity contribution in [2.75, 3.05) is 31.1 Å². The number of piperazine rings is 1. The largest absolute Gasteiger partial charge is 0.353 e. The second-order valence-electron chi connectivity index (χ2n) is 7.81. The fourth-order valence-electron chi connectivity index (χ4n) is 3.86. The Morgan fingerprint density at radius 1 is 1.06 bits per heavy atom. The van der Waals surface area contributed by atoms with Crippen LogP contribution in [0.5, 0.6) is 0 Å². The van der Waals surface area contributed by atoms with E-state index >= 15 is 0 Å². The second kappa shape index (κ2) is 9.76. The number of hydrogen-bond donors (Lipinski definition) is 0. The molecule has 166 valence electrons. The Kier molecular flexibility index (Phi) is 6.82. The zero-order chi connectivity index (χ0) is 22.7. The van der Waals surface area contributed by atoms with Gasteiger partial charge in [-0.15, -0.1) is 0 Å². The summed E-state index contributed by atoms with van der Waals surface area (Å²) in [7, 11) is 0. The molecule has 4 rings (SSSR count). The van der Waals surface area contributed by atoms with Gasteiger partial charge in [-0.25, -0.2) is 4.98 Å². The smallest absolute Gasteiger partial charge is 0.246 e. The molecule has 0 atom stereocenters. The topological polar surface area (TPSA) is 54.3 Å². The van der Waals surface area contributed by atoms with Crippen LogP contribution in [-0.2, 0) is 11.3 Å². The zero-order valence-corrected chi connectivity index (χ0v) is 19.6. The molecule has 0 unspecified atom stereocenters. The van der Waals surface area contributed by atoms with Gasteiger partial charge >= 0.3 is 0 Å². The lowest BCUT2D eigenvalue weighted by atomic mass is 10.1. The molecule has 1 saturated heterocycles. The van der Waals surface area contributed by atoms with Gasteiger partial charge in [0.1, 0.15) is 5.82 Å². The van der Waals surface area contributed by atoms with Crippen molar-refractivity contribution < 1.29 is 4.79 Å². The molecule has 0 aliphatic carbocycles. The lowest BCUT2D eigenvalue weighted by molar-refractivity contribution is -0.126. The highest BCUT2D eigenvalue weighted by Crippen LogP contribution is 2.21. The number of amides is 1. The summed E-state index contributed by atoms with van der Waals surface area (Å²) in [5.74, 6) is 0.889. The summed E-state index contributed by atoms with van der Waals surface area (Å²) in [6.45, 7) is 7.34. The number of aryl methyl sites for hydroxylation is 1. The highest BCUT2D eigenvalue weighted by atomic mass is 35.5. The molecule has 3 heterocycles. The van der Waals surface area contributed by atoms with Crippen molar-refractivity contribution in [3.8, 4) is 0 Å². The summed E-state index contributed by atoms with van der Waals surface area (Å²) in [6, 6.07) is 11.5. The Morgan fingerprint density at radius 2 is 1.81 bits per heavy atom. The minimum atomic E-state index is 0.00590. The van der Waals surface area contributed by atoms with Crippen LogP contribution in [0.4, 0.5) is 5.82 Å². The number of rotatable bonds is 5. The molecule has 8 heteroatoms. The first kappa shape index (κ1) is 22.4. The number of carbonyl (C=O) groups is 1. The van der Waals surface area contributed by atoms with E-state index < -0.39 is 0 Å². The van der Waals surface area contributed by atoms with Gasteiger partial charge in [0, 0.05) is 54.7 Å². The Balaban J connectivity index is 1.39. The van der Waals surface area contributed by atoms with Crippen molar-refractivity contribution in [3.05, 3.63) is 81.2 Å². The van der Waals surface area contributed by atoms with Crippen LogP contribution in [0.2, 0.25) is 10.0 Å². The van der Waals surface area contributed by atoms with Gasteiger partial charge < -0.3 is 9.80 Å². The van der Waals surface area contributed by atoms with Gasteiger partial charge in [0.05, 0.1) is 17.3 Å². The third kappa shape index (κ3) is 4.97. The number of halogens is 2. The van der Waals surface area contributed by atoms with Crippen molar-refractivity contribution in [2.24, 2.45) is 0 Å². The molecule has 0 spiro atoms. The standard InChI is InChI=1S/C24H25Cl2N5O/c1-17-21(18(2)31(28-17)16-19-5-3-4-6-22(19)26)8-10-24(32)30-13-11-29(12-14-30)23-9-7-20(25)15-27-23/h3-10,15H,11-14,16H2,1-2H3/b10-8+. The van der Waals surface area contributed by atoms with E-state index in [4.69, 9.17) is 23.2 Å². The van der Waals surface area contributed by atoms with E-state index in [9.17, 15) is 4.79 Å². The molecule has 1 aliphatic rings. The Bertz CT molecular complexity index is 1130. The summed E-state index contributed by atoms with van der Waals surface area (Å²) in [4.78, 5) is 21.2. The third-order valence-corrected chi connectivity index (χ3v) is 6.33. The lowest BCUT2D eigenvalue weighted by Gasteiger charge is -2.34. The van der Waals surface area contributed by atoms with Gasteiger partial charge in [-0.1, -0.05) is 41.4 Å². The number of hydrogen-bond acceptors (Lipinski definition) is 4. The molecule has 3 aromatic rings. The molecule has 0 N–H and O–H groups in total. The third-order valence-electron chi connectivity index (χ3n) is 5.74. The zero-order valence-electron chi connectivity index (χ0n) is 18.1. The first-order chi connectivity index (χ1) is 15.4. The second-order valence-corrected chi connectivity index (χ2v) is 8.66. The van der Waals surface area contributed by atoms with E-state index in [1.807, 2.05) is 65.9 Å². The van der Waals surface area contributed by atoms with E-state index in [0.717, 1.165) is 46.4 Å². The molecule has 0 radical (unpaired) electrons. The maximum absolute atomic E-state index is 12.8. The molecule has 1 aromatic carbocycles. The summed E-state index contributed by atoms with van der Waals surface area (Å²) in [6.07, 6.45) is 5.16. The quantitative estimate of drug-likeness (QED) is 0.511. The fourth-order valence-corrected chi connectivity index (χ4v) is 4.17. The molecule has 1 fully saturated rings. The van der Waals surface area contributed by atoms with Crippen LogP contribution >= 0.6 is 23.2 Å². The summed E-state index contributed by atoms with van der Waals surface area (Å²) in [5, 5.41) is 5.99. The summed E-state index contributed by atoms with van der Waals surface area (Å²) in [5.41, 5.74) is 3.87. The number of benzene rings is 1. The van der Waals surface area contributed by atoms with Gasteiger partial charge in [-0.05, 0) is 43.7 Å². The van der Waals surface area contributed by atoms with Crippen molar-refractivity contribution >= 4 is 41.0 Å². The number of pyridine rings is 1. The molecular formula is C24H25Cl2N5O. The van der Waals surface area contributed by atoms with Gasteiger partial charge in [0.2, 0.25) is 5.91 Å². The monoisotopic (exact) mass is 469 g/mol. The van der Waals surface area contributed by atoms with Crippen LogP contribution in [0.15, 0.2) is 48.7 Å². The minimum absolute atomic E-state index is 0.00590. The van der Waals surface area contributed by atoms with E-state index in [2.05, 4.69) is 15.0 Å². The Hall–Kier alpha value is -2.83. The van der Waals surface area contributed by atoms with E-state index in [0.29, 0.717) is 24.7 Å². The predicted octanol–water partition coefficient (Wildman–Crippen LogP) is 4.61. The Morgan fingerprint density at radius 3 is 2.50 bits per heavy atom. The van der Waals surface area contributed by atoms with E-state index in [1.54, 1.807) is 12.3 Å². The molecule has 1 amide bonds. The number of aromatic nitrogens is 3. The summed E-state index contributed by atoms with van der Waals surface area (Å²) >= 11 is 12.2. The number of nitrogens with zero attached hydrogens (tertiary/aromatic N) is 5. The summed E-state index contributed by atoms with van der Waals surface area (Å²) < 4.78 is 1.93. The van der Waals surface area contributed by atoms with Gasteiger partial charge in [-0.2, -0.15) is 5.10 Å². The van der Waals surface area contributed by atoms with Crippen LogP contribution < -0.4 is 4.90 Å². The maximum atomic E-state index is 12.8. The molecule has 6 nitrogen and oxygen atoms in total. The van der Waals surface area contributed by atoms with Crippen LogP contribution in [0.3, 0.4) is 0 Å². The lowest BCUT2D eigenvalue weighted by Crippen LogP contribution is -2.48. The van der Waals surface area contributed by atoms with Crippen LogP contribution in [0.25, 0.3) is 6.08 Å². The SMILES string of the molecule is Cc1nn(Cc2ccccc2Cl)c(C)c1/C=C/C(=O)N1CCN(c2ccc(Cl)cn2)CC1. The average molecular weight is 470 g/mol. The number of anilines is 1. The van der Waals surface area contributed by atoms with Crippen LogP contribution in [0.1, 0.15) is 22.5 Å². The van der Waals surface area contributed by atoms with Crippen molar-refractivity contribution in [1.82, 2.24) is 19.7 Å². The van der Waals surface area contributed by atoms with Gasteiger partial charge in [0.25, 0.3) is 0 Å². The van der Waals surface area contributed by atoms with Gasteiger partial charge in [-0.3, -0.25) is 9.48 Å². The maximum Gasteiger partial charge on any atom is 0.246 e. The molecule has 32 heavy (non-hydrogen) atoms.